The van der Waals surface area contributed by atoms with Crippen LogP contribution in [0.1, 0.15) is 28.7 Å². The highest BCUT2D eigenvalue weighted by molar-refractivity contribution is 5.36. The van der Waals surface area contributed by atoms with E-state index in [1.807, 2.05) is 85.2 Å². The van der Waals surface area contributed by atoms with Crippen molar-refractivity contribution >= 4 is 5.82 Å². The molecule has 150 valence electrons. The molecule has 0 amide bonds. The molecule has 0 aliphatic rings. The lowest BCUT2D eigenvalue weighted by atomic mass is 10.1. The first-order chi connectivity index (χ1) is 14.9. The van der Waals surface area contributed by atoms with Crippen molar-refractivity contribution in [3.63, 3.8) is 0 Å². The van der Waals surface area contributed by atoms with Gasteiger partial charge in [-0.25, -0.2) is 4.98 Å². The van der Waals surface area contributed by atoms with E-state index in [0.717, 1.165) is 35.9 Å². The minimum atomic E-state index is 0.0591. The largest absolute Gasteiger partial charge is 0.366 e. The minimum absolute atomic E-state index is 0.0591. The van der Waals surface area contributed by atoms with Crippen LogP contribution < -0.4 is 10.6 Å². The monoisotopic (exact) mass is 395 g/mol. The van der Waals surface area contributed by atoms with E-state index in [2.05, 4.69) is 32.7 Å². The Labute approximate surface area is 177 Å². The van der Waals surface area contributed by atoms with E-state index in [0.29, 0.717) is 6.54 Å². The summed E-state index contributed by atoms with van der Waals surface area (Å²) in [6, 6.07) is 28.4. The SMILES string of the molecule is c1ccc(CNc2cccc(CNC(Cc3ccccn3)c3ccccn3)n2)cc1. The maximum absolute atomic E-state index is 4.75. The van der Waals surface area contributed by atoms with Gasteiger partial charge in [0.25, 0.3) is 0 Å². The number of nitrogens with zero attached hydrogens (tertiary/aromatic N) is 3. The molecule has 2 N–H and O–H groups in total. The Kier molecular flexibility index (Phi) is 6.76. The Morgan fingerprint density at radius 1 is 0.667 bits per heavy atom. The first-order valence-corrected chi connectivity index (χ1v) is 10.1. The Morgan fingerprint density at radius 2 is 1.43 bits per heavy atom. The van der Waals surface area contributed by atoms with Crippen LogP contribution in [0.15, 0.2) is 97.3 Å². The lowest BCUT2D eigenvalue weighted by molar-refractivity contribution is 0.509. The van der Waals surface area contributed by atoms with Crippen LogP contribution in [-0.2, 0) is 19.5 Å². The smallest absolute Gasteiger partial charge is 0.126 e. The van der Waals surface area contributed by atoms with E-state index in [4.69, 9.17) is 4.98 Å². The first-order valence-electron chi connectivity index (χ1n) is 10.1. The third-order valence-corrected chi connectivity index (χ3v) is 4.84. The number of benzene rings is 1. The lowest BCUT2D eigenvalue weighted by Crippen LogP contribution is -2.24. The van der Waals surface area contributed by atoms with Crippen LogP contribution >= 0.6 is 0 Å². The molecule has 3 aromatic heterocycles. The average Bonchev–Trinajstić information content (AvgIpc) is 2.82. The van der Waals surface area contributed by atoms with E-state index < -0.39 is 0 Å². The third kappa shape index (κ3) is 5.72. The highest BCUT2D eigenvalue weighted by atomic mass is 15.0. The minimum Gasteiger partial charge on any atom is -0.366 e. The van der Waals surface area contributed by atoms with E-state index in [1.54, 1.807) is 0 Å². The fraction of sp³-hybridized carbons (Fsp3) is 0.160. The van der Waals surface area contributed by atoms with Crippen molar-refractivity contribution in [2.75, 3.05) is 5.32 Å². The van der Waals surface area contributed by atoms with Crippen molar-refractivity contribution in [3.05, 3.63) is 120 Å². The van der Waals surface area contributed by atoms with Crippen molar-refractivity contribution in [2.45, 2.75) is 25.6 Å². The fourth-order valence-corrected chi connectivity index (χ4v) is 3.28. The number of anilines is 1. The van der Waals surface area contributed by atoms with Crippen LogP contribution in [0.4, 0.5) is 5.82 Å². The Balaban J connectivity index is 1.41. The predicted octanol–water partition coefficient (Wildman–Crippen LogP) is 4.56. The molecule has 5 nitrogen and oxygen atoms in total. The molecule has 0 bridgehead atoms. The first kappa shape index (κ1) is 19.7. The summed E-state index contributed by atoms with van der Waals surface area (Å²) in [5.41, 5.74) is 4.25. The van der Waals surface area contributed by atoms with Crippen LogP contribution in [0.2, 0.25) is 0 Å². The van der Waals surface area contributed by atoms with E-state index in [-0.39, 0.29) is 6.04 Å². The van der Waals surface area contributed by atoms with Crippen molar-refractivity contribution in [3.8, 4) is 0 Å². The third-order valence-electron chi connectivity index (χ3n) is 4.84. The van der Waals surface area contributed by atoms with E-state index >= 15 is 0 Å². The van der Waals surface area contributed by atoms with Crippen LogP contribution in [0.5, 0.6) is 0 Å². The molecule has 0 saturated carbocycles. The molecule has 1 aromatic carbocycles. The zero-order valence-electron chi connectivity index (χ0n) is 16.8. The molecule has 0 aliphatic carbocycles. The van der Waals surface area contributed by atoms with Gasteiger partial charge in [0.15, 0.2) is 0 Å². The van der Waals surface area contributed by atoms with Gasteiger partial charge in [0.1, 0.15) is 5.82 Å². The number of rotatable bonds is 9. The highest BCUT2D eigenvalue weighted by Crippen LogP contribution is 2.16. The summed E-state index contributed by atoms with van der Waals surface area (Å²) < 4.78 is 0. The number of nitrogens with one attached hydrogen (secondary N) is 2. The lowest BCUT2D eigenvalue weighted by Gasteiger charge is -2.18. The second-order valence-electron chi connectivity index (χ2n) is 7.07. The molecule has 5 heteroatoms. The molecule has 0 aliphatic heterocycles. The topological polar surface area (TPSA) is 62.7 Å². The summed E-state index contributed by atoms with van der Waals surface area (Å²) in [7, 11) is 0. The highest BCUT2D eigenvalue weighted by Gasteiger charge is 2.14. The van der Waals surface area contributed by atoms with Crippen molar-refractivity contribution in [1.82, 2.24) is 20.3 Å². The zero-order valence-corrected chi connectivity index (χ0v) is 16.8. The molecule has 30 heavy (non-hydrogen) atoms. The van der Waals surface area contributed by atoms with Crippen molar-refractivity contribution in [1.29, 1.82) is 0 Å². The van der Waals surface area contributed by atoms with Gasteiger partial charge in [-0.15, -0.1) is 0 Å². The van der Waals surface area contributed by atoms with Gasteiger partial charge in [0.2, 0.25) is 0 Å². The molecule has 3 heterocycles. The number of hydrogen-bond acceptors (Lipinski definition) is 5. The number of hydrogen-bond donors (Lipinski definition) is 2. The van der Waals surface area contributed by atoms with Gasteiger partial charge >= 0.3 is 0 Å². The molecule has 0 radical (unpaired) electrons. The molecule has 4 rings (SSSR count). The van der Waals surface area contributed by atoms with Gasteiger partial charge in [-0.3, -0.25) is 9.97 Å². The Bertz CT molecular complexity index is 1020. The standard InChI is InChI=1S/C25H25N5/c1-2-9-20(10-3-1)18-29-25-14-8-12-22(30-25)19-28-24(23-13-5-7-16-27-23)17-21-11-4-6-15-26-21/h1-16,24,28H,17-19H2,(H,29,30). The Morgan fingerprint density at radius 3 is 2.20 bits per heavy atom. The molecule has 1 unspecified atom stereocenters. The molecule has 0 saturated heterocycles. The Hall–Kier alpha value is -3.57. The fourth-order valence-electron chi connectivity index (χ4n) is 3.28. The summed E-state index contributed by atoms with van der Waals surface area (Å²) in [6.07, 6.45) is 4.42. The molecule has 1 atom stereocenters. The van der Waals surface area contributed by atoms with Gasteiger partial charge in [-0.2, -0.15) is 0 Å². The zero-order chi connectivity index (χ0) is 20.4. The summed E-state index contributed by atoms with van der Waals surface area (Å²) in [5.74, 6) is 0.872. The summed E-state index contributed by atoms with van der Waals surface area (Å²) in [4.78, 5) is 13.8. The van der Waals surface area contributed by atoms with Gasteiger partial charge in [0.05, 0.1) is 17.4 Å². The van der Waals surface area contributed by atoms with Gasteiger partial charge in [-0.1, -0.05) is 48.5 Å². The van der Waals surface area contributed by atoms with Crippen molar-refractivity contribution in [2.24, 2.45) is 0 Å². The van der Waals surface area contributed by atoms with Gasteiger partial charge in [0, 0.05) is 37.6 Å². The quantitative estimate of drug-likeness (QED) is 0.435. The van der Waals surface area contributed by atoms with E-state index in [9.17, 15) is 0 Å². The summed E-state index contributed by atoms with van der Waals surface area (Å²) in [5, 5.41) is 7.01. The van der Waals surface area contributed by atoms with Crippen LogP contribution in [0.3, 0.4) is 0 Å². The van der Waals surface area contributed by atoms with Crippen LogP contribution in [0, 0.1) is 0 Å². The van der Waals surface area contributed by atoms with Gasteiger partial charge < -0.3 is 10.6 Å². The van der Waals surface area contributed by atoms with Crippen LogP contribution in [-0.4, -0.2) is 15.0 Å². The normalized spacial score (nSPS) is 11.7. The molecular weight excluding hydrogens is 370 g/mol. The molecule has 4 aromatic rings. The maximum Gasteiger partial charge on any atom is 0.126 e. The summed E-state index contributed by atoms with van der Waals surface area (Å²) >= 11 is 0. The molecule has 0 fully saturated rings. The predicted molar refractivity (Wildman–Crippen MR) is 120 cm³/mol. The second-order valence-corrected chi connectivity index (χ2v) is 7.07. The number of aromatic nitrogens is 3. The van der Waals surface area contributed by atoms with Gasteiger partial charge in [-0.05, 0) is 42.0 Å². The van der Waals surface area contributed by atoms with E-state index in [1.165, 1.54) is 5.56 Å². The molecular formula is C25H25N5. The average molecular weight is 396 g/mol. The van der Waals surface area contributed by atoms with Crippen LogP contribution in [0.25, 0.3) is 0 Å². The summed E-state index contributed by atoms with van der Waals surface area (Å²) in [6.45, 7) is 1.40. The number of pyridine rings is 3. The van der Waals surface area contributed by atoms with Crippen molar-refractivity contribution < 1.29 is 0 Å². The second kappa shape index (κ2) is 10.3. The molecule has 0 spiro atoms. The maximum atomic E-state index is 4.75.